The maximum Gasteiger partial charge on any atom is 0.243 e. The van der Waals surface area contributed by atoms with Crippen molar-refractivity contribution in [3.05, 3.63) is 53.6 Å². The van der Waals surface area contributed by atoms with Gasteiger partial charge in [-0.3, -0.25) is 0 Å². The molecule has 0 N–H and O–H groups in total. The lowest BCUT2D eigenvalue weighted by Crippen LogP contribution is -2.56. The average Bonchev–Trinajstić information content (AvgIpc) is 2.79. The Kier molecular flexibility index (Phi) is 6.25. The van der Waals surface area contributed by atoms with Gasteiger partial charge in [0.15, 0.2) is 0 Å². The SMILES string of the molecule is COc1ccc([C@H]2C[C@]3(CCO2)CN(S(=O)(=O)c2ccc(C)cc2)CCO3)c(OC)c1. The Hall–Kier alpha value is -2.13. The summed E-state index contributed by atoms with van der Waals surface area (Å²) in [4.78, 5) is 0.315. The van der Waals surface area contributed by atoms with Gasteiger partial charge in [0.05, 0.1) is 44.0 Å². The zero-order valence-electron chi connectivity index (χ0n) is 18.2. The van der Waals surface area contributed by atoms with Crippen LogP contribution in [-0.2, 0) is 19.5 Å². The Morgan fingerprint density at radius 2 is 1.84 bits per heavy atom. The molecular weight excluding hydrogens is 418 g/mol. The Morgan fingerprint density at radius 3 is 2.55 bits per heavy atom. The van der Waals surface area contributed by atoms with Crippen molar-refractivity contribution in [2.75, 3.05) is 40.5 Å². The number of hydrogen-bond acceptors (Lipinski definition) is 6. The monoisotopic (exact) mass is 447 g/mol. The van der Waals surface area contributed by atoms with Crippen LogP contribution in [0.1, 0.15) is 30.1 Å². The summed E-state index contributed by atoms with van der Waals surface area (Å²) in [6.07, 6.45) is 0.939. The van der Waals surface area contributed by atoms with Gasteiger partial charge >= 0.3 is 0 Å². The third-order valence-corrected chi connectivity index (χ3v) is 7.95. The van der Waals surface area contributed by atoms with Crippen molar-refractivity contribution in [3.8, 4) is 11.5 Å². The van der Waals surface area contributed by atoms with E-state index in [0.717, 1.165) is 11.1 Å². The van der Waals surface area contributed by atoms with Crippen LogP contribution in [0.4, 0.5) is 0 Å². The van der Waals surface area contributed by atoms with E-state index in [0.29, 0.717) is 55.5 Å². The predicted molar refractivity (Wildman–Crippen MR) is 116 cm³/mol. The summed E-state index contributed by atoms with van der Waals surface area (Å²) in [6, 6.07) is 12.6. The highest BCUT2D eigenvalue weighted by Gasteiger charge is 2.45. The van der Waals surface area contributed by atoms with Gasteiger partial charge < -0.3 is 18.9 Å². The van der Waals surface area contributed by atoms with E-state index in [9.17, 15) is 8.42 Å². The molecule has 2 aromatic rings. The molecule has 2 aliphatic rings. The Balaban J connectivity index is 1.57. The van der Waals surface area contributed by atoms with E-state index in [4.69, 9.17) is 18.9 Å². The van der Waals surface area contributed by atoms with Gasteiger partial charge in [-0.05, 0) is 31.2 Å². The fraction of sp³-hybridized carbons (Fsp3) is 0.478. The van der Waals surface area contributed by atoms with Crippen molar-refractivity contribution in [1.29, 1.82) is 0 Å². The Labute approximate surface area is 183 Å². The van der Waals surface area contributed by atoms with E-state index < -0.39 is 15.6 Å². The van der Waals surface area contributed by atoms with E-state index in [2.05, 4.69) is 0 Å². The lowest BCUT2D eigenvalue weighted by molar-refractivity contribution is -0.163. The molecule has 0 radical (unpaired) electrons. The minimum absolute atomic E-state index is 0.253. The van der Waals surface area contributed by atoms with E-state index in [-0.39, 0.29) is 6.10 Å². The second kappa shape index (κ2) is 8.78. The molecular formula is C23H29NO6S. The van der Waals surface area contributed by atoms with E-state index in [1.165, 1.54) is 0 Å². The van der Waals surface area contributed by atoms with Crippen LogP contribution in [0.3, 0.4) is 0 Å². The largest absolute Gasteiger partial charge is 0.497 e. The maximum absolute atomic E-state index is 13.3. The van der Waals surface area contributed by atoms with E-state index >= 15 is 0 Å². The highest BCUT2D eigenvalue weighted by molar-refractivity contribution is 7.89. The fourth-order valence-electron chi connectivity index (χ4n) is 4.32. The summed E-state index contributed by atoms with van der Waals surface area (Å²) in [6.45, 7) is 3.43. The Bertz CT molecular complexity index is 1020. The van der Waals surface area contributed by atoms with Gasteiger partial charge in [0.1, 0.15) is 11.5 Å². The van der Waals surface area contributed by atoms with Gasteiger partial charge in [0.2, 0.25) is 10.0 Å². The molecule has 1 spiro atoms. The topological polar surface area (TPSA) is 74.3 Å². The van der Waals surface area contributed by atoms with Crippen molar-refractivity contribution in [1.82, 2.24) is 4.31 Å². The van der Waals surface area contributed by atoms with Crippen LogP contribution in [0.2, 0.25) is 0 Å². The van der Waals surface area contributed by atoms with Crippen LogP contribution >= 0.6 is 0 Å². The standard InChI is InChI=1S/C23H29NO6S/c1-17-4-7-19(8-5-17)31(25,26)24-11-13-30-23(16-24)10-12-29-22(15-23)20-9-6-18(27-2)14-21(20)28-3/h4-9,14,22H,10-13,15-16H2,1-3H3/t22-,23-/m1/s1. The number of ether oxygens (including phenoxy) is 4. The molecule has 2 aliphatic heterocycles. The molecule has 2 atom stereocenters. The highest BCUT2D eigenvalue weighted by Crippen LogP contribution is 2.43. The highest BCUT2D eigenvalue weighted by atomic mass is 32.2. The van der Waals surface area contributed by atoms with Gasteiger partial charge in [-0.2, -0.15) is 4.31 Å². The van der Waals surface area contributed by atoms with E-state index in [1.54, 1.807) is 30.7 Å². The third kappa shape index (κ3) is 4.43. The number of sulfonamides is 1. The van der Waals surface area contributed by atoms with Crippen LogP contribution in [0.5, 0.6) is 11.5 Å². The number of rotatable bonds is 5. The summed E-state index contributed by atoms with van der Waals surface area (Å²) < 4.78 is 51.2. The number of nitrogens with zero attached hydrogens (tertiary/aromatic N) is 1. The first-order chi connectivity index (χ1) is 14.9. The summed E-state index contributed by atoms with van der Waals surface area (Å²) >= 11 is 0. The van der Waals surface area contributed by atoms with Gasteiger partial charge in [-0.25, -0.2) is 8.42 Å². The second-order valence-corrected chi connectivity index (χ2v) is 10.0. The third-order valence-electron chi connectivity index (χ3n) is 6.09. The fourth-order valence-corrected chi connectivity index (χ4v) is 5.82. The molecule has 2 fully saturated rings. The first kappa shape index (κ1) is 22.1. The van der Waals surface area contributed by atoms with Crippen LogP contribution < -0.4 is 9.47 Å². The van der Waals surface area contributed by atoms with Crippen molar-refractivity contribution in [2.24, 2.45) is 0 Å². The van der Waals surface area contributed by atoms with Gasteiger partial charge in [0.25, 0.3) is 0 Å². The van der Waals surface area contributed by atoms with Gasteiger partial charge in [-0.1, -0.05) is 17.7 Å². The molecule has 0 aromatic heterocycles. The molecule has 31 heavy (non-hydrogen) atoms. The molecule has 0 unspecified atom stereocenters. The molecule has 0 bridgehead atoms. The number of benzene rings is 2. The molecule has 0 aliphatic carbocycles. The zero-order chi connectivity index (χ0) is 22.1. The average molecular weight is 448 g/mol. The number of methoxy groups -OCH3 is 2. The molecule has 168 valence electrons. The van der Waals surface area contributed by atoms with Crippen LogP contribution in [-0.4, -0.2) is 58.8 Å². The van der Waals surface area contributed by atoms with Crippen LogP contribution in [0.15, 0.2) is 47.4 Å². The van der Waals surface area contributed by atoms with Crippen LogP contribution in [0.25, 0.3) is 0 Å². The molecule has 2 aromatic carbocycles. The molecule has 0 saturated carbocycles. The van der Waals surface area contributed by atoms with Gasteiger partial charge in [0, 0.05) is 37.6 Å². The quantitative estimate of drug-likeness (QED) is 0.700. The zero-order valence-corrected chi connectivity index (χ0v) is 19.0. The summed E-state index contributed by atoms with van der Waals surface area (Å²) in [5.74, 6) is 1.39. The van der Waals surface area contributed by atoms with Crippen molar-refractivity contribution < 1.29 is 27.4 Å². The van der Waals surface area contributed by atoms with Crippen molar-refractivity contribution >= 4 is 10.0 Å². The molecule has 2 heterocycles. The normalized spacial score (nSPS) is 24.8. The minimum atomic E-state index is -3.59. The first-order valence-corrected chi connectivity index (χ1v) is 11.9. The molecule has 2 saturated heterocycles. The van der Waals surface area contributed by atoms with Crippen molar-refractivity contribution in [3.63, 3.8) is 0 Å². The molecule has 4 rings (SSSR count). The molecule has 7 nitrogen and oxygen atoms in total. The summed E-state index contributed by atoms with van der Waals surface area (Å²) in [7, 11) is -0.361. The van der Waals surface area contributed by atoms with Gasteiger partial charge in [-0.15, -0.1) is 0 Å². The predicted octanol–water partition coefficient (Wildman–Crippen LogP) is 3.32. The smallest absolute Gasteiger partial charge is 0.243 e. The van der Waals surface area contributed by atoms with Crippen molar-refractivity contribution in [2.45, 2.75) is 36.4 Å². The lowest BCUT2D eigenvalue weighted by Gasteiger charge is -2.46. The first-order valence-electron chi connectivity index (χ1n) is 10.4. The molecule has 0 amide bonds. The number of hydrogen-bond donors (Lipinski definition) is 0. The maximum atomic E-state index is 13.3. The Morgan fingerprint density at radius 1 is 1.06 bits per heavy atom. The lowest BCUT2D eigenvalue weighted by atomic mass is 9.86. The minimum Gasteiger partial charge on any atom is -0.497 e. The van der Waals surface area contributed by atoms with Crippen LogP contribution in [0, 0.1) is 6.92 Å². The summed E-state index contributed by atoms with van der Waals surface area (Å²) in [5, 5.41) is 0. The number of morpholine rings is 1. The molecule has 8 heteroatoms. The summed E-state index contributed by atoms with van der Waals surface area (Å²) in [5.41, 5.74) is 1.34. The number of aryl methyl sites for hydroxylation is 1. The second-order valence-electron chi connectivity index (χ2n) is 8.10. The van der Waals surface area contributed by atoms with E-state index in [1.807, 2.05) is 37.3 Å².